The van der Waals surface area contributed by atoms with E-state index in [9.17, 15) is 9.59 Å². The lowest BCUT2D eigenvalue weighted by Gasteiger charge is -2.11. The van der Waals surface area contributed by atoms with Gasteiger partial charge in [-0.1, -0.05) is 23.2 Å². The van der Waals surface area contributed by atoms with Crippen LogP contribution in [0.25, 0.3) is 0 Å². The summed E-state index contributed by atoms with van der Waals surface area (Å²) in [6, 6.07) is 1.09. The molecule has 1 rings (SSSR count). The number of amides is 1. The summed E-state index contributed by atoms with van der Waals surface area (Å²) in [6.45, 7) is 0. The van der Waals surface area contributed by atoms with Crippen LogP contribution in [0.2, 0.25) is 10.0 Å². The van der Waals surface area contributed by atoms with Crippen molar-refractivity contribution in [3.63, 3.8) is 0 Å². The molecule has 1 aromatic rings. The molecule has 0 atom stereocenters. The second-order valence-electron chi connectivity index (χ2n) is 2.80. The minimum absolute atomic E-state index is 0.0378. The summed E-state index contributed by atoms with van der Waals surface area (Å²) in [5, 5.41) is 8.49. The second-order valence-corrected chi connectivity index (χ2v) is 3.58. The molecule has 0 heterocycles. The van der Waals surface area contributed by atoms with Crippen LogP contribution in [0, 0.1) is 0 Å². The first kappa shape index (κ1) is 12.6. The number of ether oxygens (including phenoxy) is 1. The highest BCUT2D eigenvalue weighted by Gasteiger charge is 2.23. The summed E-state index contributed by atoms with van der Waals surface area (Å²) in [4.78, 5) is 21.9. The van der Waals surface area contributed by atoms with Crippen LogP contribution in [0.3, 0.4) is 0 Å². The summed E-state index contributed by atoms with van der Waals surface area (Å²) in [5.41, 5.74) is 4.53. The number of carboxylic acids is 1. The van der Waals surface area contributed by atoms with Crippen molar-refractivity contribution in [2.24, 2.45) is 5.73 Å². The number of primary amides is 1. The summed E-state index contributed by atoms with van der Waals surface area (Å²) in [5.74, 6) is -2.26. The number of benzene rings is 1. The molecule has 16 heavy (non-hydrogen) atoms. The summed E-state index contributed by atoms with van der Waals surface area (Å²) < 4.78 is 4.84. The molecule has 7 heteroatoms. The third-order valence-electron chi connectivity index (χ3n) is 1.85. The normalized spacial score (nSPS) is 9.94. The van der Waals surface area contributed by atoms with Gasteiger partial charge in [-0.3, -0.25) is 4.79 Å². The number of rotatable bonds is 3. The van der Waals surface area contributed by atoms with Crippen molar-refractivity contribution in [2.45, 2.75) is 0 Å². The monoisotopic (exact) mass is 263 g/mol. The Labute approximate surface area is 101 Å². The molecule has 1 aromatic carbocycles. The molecule has 86 valence electrons. The molecular weight excluding hydrogens is 257 g/mol. The maximum Gasteiger partial charge on any atom is 0.337 e. The Kier molecular flexibility index (Phi) is 3.62. The fraction of sp³-hybridized carbons (Fsp3) is 0.111. The van der Waals surface area contributed by atoms with Crippen molar-refractivity contribution < 1.29 is 19.4 Å². The number of halogens is 2. The number of hydrogen-bond acceptors (Lipinski definition) is 3. The van der Waals surface area contributed by atoms with Crippen LogP contribution in [0.1, 0.15) is 20.7 Å². The first-order valence-corrected chi connectivity index (χ1v) is 4.74. The van der Waals surface area contributed by atoms with Crippen molar-refractivity contribution >= 4 is 35.1 Å². The molecule has 0 aliphatic rings. The Hall–Kier alpha value is -1.46. The van der Waals surface area contributed by atoms with Crippen molar-refractivity contribution in [1.82, 2.24) is 0 Å². The Morgan fingerprint density at radius 3 is 2.38 bits per heavy atom. The highest BCUT2D eigenvalue weighted by molar-refractivity contribution is 6.39. The minimum atomic E-state index is -1.31. The van der Waals surface area contributed by atoms with E-state index in [0.717, 1.165) is 6.07 Å². The van der Waals surface area contributed by atoms with Gasteiger partial charge in [-0.15, -0.1) is 0 Å². The van der Waals surface area contributed by atoms with Gasteiger partial charge < -0.3 is 15.6 Å². The molecule has 0 bridgehead atoms. The molecule has 0 fully saturated rings. The first-order valence-electron chi connectivity index (χ1n) is 3.99. The zero-order valence-electron chi connectivity index (χ0n) is 8.08. The van der Waals surface area contributed by atoms with E-state index in [1.54, 1.807) is 0 Å². The molecule has 0 saturated carbocycles. The van der Waals surface area contributed by atoms with Crippen molar-refractivity contribution in [3.05, 3.63) is 27.2 Å². The number of hydrogen-bond donors (Lipinski definition) is 2. The number of methoxy groups -OCH3 is 1. The smallest absolute Gasteiger partial charge is 0.337 e. The number of carbonyl (C=O) groups is 2. The van der Waals surface area contributed by atoms with Crippen LogP contribution in [-0.4, -0.2) is 24.1 Å². The lowest BCUT2D eigenvalue weighted by Crippen LogP contribution is -2.15. The Morgan fingerprint density at radius 2 is 2.00 bits per heavy atom. The predicted molar refractivity (Wildman–Crippen MR) is 58.5 cm³/mol. The zero-order valence-corrected chi connectivity index (χ0v) is 9.59. The van der Waals surface area contributed by atoms with Gasteiger partial charge in [-0.25, -0.2) is 4.79 Å². The number of nitrogens with two attached hydrogens (primary N) is 1. The second kappa shape index (κ2) is 4.59. The van der Waals surface area contributed by atoms with Crippen molar-refractivity contribution in [1.29, 1.82) is 0 Å². The molecule has 3 N–H and O–H groups in total. The molecule has 0 spiro atoms. The van der Waals surface area contributed by atoms with E-state index < -0.39 is 11.9 Å². The average molecular weight is 264 g/mol. The SMILES string of the molecule is COc1c(Cl)cc(C(=O)O)c(Cl)c1C(N)=O. The van der Waals surface area contributed by atoms with Gasteiger partial charge in [-0.2, -0.15) is 0 Å². The predicted octanol–water partition coefficient (Wildman–Crippen LogP) is 1.80. The molecule has 0 unspecified atom stereocenters. The molecule has 0 radical (unpaired) electrons. The average Bonchev–Trinajstić information content (AvgIpc) is 2.19. The van der Waals surface area contributed by atoms with E-state index in [2.05, 4.69) is 0 Å². The van der Waals surface area contributed by atoms with Gasteiger partial charge >= 0.3 is 5.97 Å². The van der Waals surface area contributed by atoms with E-state index in [4.69, 9.17) is 38.8 Å². The lowest BCUT2D eigenvalue weighted by molar-refractivity contribution is 0.0697. The topological polar surface area (TPSA) is 89.6 Å². The maximum absolute atomic E-state index is 11.1. The fourth-order valence-corrected chi connectivity index (χ4v) is 1.78. The van der Waals surface area contributed by atoms with Crippen molar-refractivity contribution in [2.75, 3.05) is 7.11 Å². The molecule has 0 aromatic heterocycles. The van der Waals surface area contributed by atoms with Crippen LogP contribution in [0.4, 0.5) is 0 Å². The van der Waals surface area contributed by atoms with E-state index in [0.29, 0.717) is 0 Å². The molecule has 0 aliphatic heterocycles. The zero-order chi connectivity index (χ0) is 12.5. The molecule has 1 amide bonds. The van der Waals surface area contributed by atoms with Crippen LogP contribution < -0.4 is 10.5 Å². The van der Waals surface area contributed by atoms with Gasteiger partial charge in [0.25, 0.3) is 5.91 Å². The summed E-state index contributed by atoms with van der Waals surface area (Å²) in [7, 11) is 1.27. The Balaban J connectivity index is 3.65. The quantitative estimate of drug-likeness (QED) is 0.870. The van der Waals surface area contributed by atoms with Gasteiger partial charge in [0.15, 0.2) is 5.75 Å². The van der Waals surface area contributed by atoms with E-state index >= 15 is 0 Å². The largest absolute Gasteiger partial charge is 0.494 e. The van der Waals surface area contributed by atoms with Gasteiger partial charge in [0, 0.05) is 0 Å². The highest BCUT2D eigenvalue weighted by Crippen LogP contribution is 2.36. The lowest BCUT2D eigenvalue weighted by atomic mass is 10.1. The minimum Gasteiger partial charge on any atom is -0.494 e. The van der Waals surface area contributed by atoms with Crippen LogP contribution in [0.15, 0.2) is 6.07 Å². The number of carbonyl (C=O) groups excluding carboxylic acids is 1. The number of aromatic carboxylic acids is 1. The van der Waals surface area contributed by atoms with Gasteiger partial charge in [0.2, 0.25) is 0 Å². The fourth-order valence-electron chi connectivity index (χ4n) is 1.18. The van der Waals surface area contributed by atoms with E-state index in [1.165, 1.54) is 7.11 Å². The van der Waals surface area contributed by atoms with Gasteiger partial charge in [0.05, 0.1) is 22.7 Å². The van der Waals surface area contributed by atoms with Crippen LogP contribution in [-0.2, 0) is 0 Å². The third kappa shape index (κ3) is 2.05. The molecular formula is C9H7Cl2NO4. The van der Waals surface area contributed by atoms with Crippen molar-refractivity contribution in [3.8, 4) is 5.75 Å². The molecule has 5 nitrogen and oxygen atoms in total. The molecule has 0 aliphatic carbocycles. The van der Waals surface area contributed by atoms with Crippen LogP contribution >= 0.6 is 23.2 Å². The number of carboxylic acid groups (broad SMARTS) is 1. The Bertz CT molecular complexity index is 473. The standard InChI is InChI=1S/C9H7Cl2NO4/c1-16-7-4(10)2-3(9(14)15)6(11)5(7)8(12)13/h2H,1H3,(H2,12,13)(H,14,15). The first-order chi connectivity index (χ1) is 7.40. The third-order valence-corrected chi connectivity index (χ3v) is 2.53. The maximum atomic E-state index is 11.1. The van der Waals surface area contributed by atoms with Gasteiger partial charge in [0.1, 0.15) is 5.56 Å². The summed E-state index contributed by atoms with van der Waals surface area (Å²) >= 11 is 11.5. The van der Waals surface area contributed by atoms with Gasteiger partial charge in [-0.05, 0) is 6.07 Å². The van der Waals surface area contributed by atoms with Crippen LogP contribution in [0.5, 0.6) is 5.75 Å². The molecule has 0 saturated heterocycles. The van der Waals surface area contributed by atoms with E-state index in [-0.39, 0.29) is 26.9 Å². The summed E-state index contributed by atoms with van der Waals surface area (Å²) in [6.07, 6.45) is 0. The Morgan fingerprint density at radius 1 is 1.44 bits per heavy atom. The highest BCUT2D eigenvalue weighted by atomic mass is 35.5. The van der Waals surface area contributed by atoms with E-state index in [1.807, 2.05) is 0 Å².